The summed E-state index contributed by atoms with van der Waals surface area (Å²) in [7, 11) is -3.04. The Labute approximate surface area is 146 Å². The number of rotatable bonds is 5. The molecule has 0 radical (unpaired) electrons. The molecule has 126 valence electrons. The van der Waals surface area contributed by atoms with Crippen LogP contribution in [0.25, 0.3) is 10.9 Å². The van der Waals surface area contributed by atoms with E-state index in [1.54, 1.807) is 6.20 Å². The van der Waals surface area contributed by atoms with Crippen molar-refractivity contribution in [2.24, 2.45) is 0 Å². The van der Waals surface area contributed by atoms with E-state index in [4.69, 9.17) is 0 Å². The lowest BCUT2D eigenvalue weighted by atomic mass is 10.1. The van der Waals surface area contributed by atoms with Crippen molar-refractivity contribution >= 4 is 26.4 Å². The Hall–Kier alpha value is -2.91. The fraction of sp³-hybridized carbons (Fsp3) is 0.158. The third-order valence-electron chi connectivity index (χ3n) is 3.82. The van der Waals surface area contributed by atoms with Gasteiger partial charge in [0.05, 0.1) is 22.5 Å². The van der Waals surface area contributed by atoms with Crippen molar-refractivity contribution in [3.05, 3.63) is 71.4 Å². The monoisotopic (exact) mass is 351 g/mol. The quantitative estimate of drug-likeness (QED) is 0.763. The second-order valence-electron chi connectivity index (χ2n) is 5.92. The summed E-state index contributed by atoms with van der Waals surface area (Å²) in [4.78, 5) is 4.29. The highest BCUT2D eigenvalue weighted by atomic mass is 32.2. The van der Waals surface area contributed by atoms with Gasteiger partial charge >= 0.3 is 0 Å². The molecule has 6 heteroatoms. The molecule has 0 aliphatic carbocycles. The normalized spacial score (nSPS) is 11.2. The van der Waals surface area contributed by atoms with Crippen LogP contribution >= 0.6 is 0 Å². The van der Waals surface area contributed by atoms with Crippen LogP contribution in [0.3, 0.4) is 0 Å². The fourth-order valence-corrected chi connectivity index (χ4v) is 3.46. The molecule has 2 aromatic carbocycles. The van der Waals surface area contributed by atoms with Gasteiger partial charge in [-0.3, -0.25) is 4.98 Å². The van der Waals surface area contributed by atoms with E-state index >= 15 is 0 Å². The summed E-state index contributed by atoms with van der Waals surface area (Å²) >= 11 is 0. The van der Waals surface area contributed by atoms with Crippen molar-refractivity contribution in [2.45, 2.75) is 12.3 Å². The number of aromatic nitrogens is 1. The van der Waals surface area contributed by atoms with Gasteiger partial charge in [-0.15, -0.1) is 0 Å². The number of nitrogens with one attached hydrogen (secondary N) is 1. The molecule has 0 aliphatic heterocycles. The van der Waals surface area contributed by atoms with Crippen LogP contribution in [0.4, 0.5) is 5.69 Å². The first kappa shape index (κ1) is 16.9. The van der Waals surface area contributed by atoms with E-state index in [1.165, 1.54) is 6.26 Å². The number of para-hydroxylation sites is 1. The Morgan fingerprint density at radius 1 is 1.08 bits per heavy atom. The van der Waals surface area contributed by atoms with Crippen molar-refractivity contribution < 1.29 is 8.42 Å². The van der Waals surface area contributed by atoms with Gasteiger partial charge in [-0.1, -0.05) is 42.5 Å². The number of hydrogen-bond donors (Lipinski definition) is 1. The molecule has 0 fully saturated rings. The Balaban J connectivity index is 1.82. The Morgan fingerprint density at radius 2 is 1.76 bits per heavy atom. The molecule has 1 aromatic heterocycles. The van der Waals surface area contributed by atoms with Crippen LogP contribution in [0.5, 0.6) is 0 Å². The maximum absolute atomic E-state index is 11.3. The number of pyridine rings is 1. The molecule has 0 saturated heterocycles. The van der Waals surface area contributed by atoms with Gasteiger partial charge < -0.3 is 5.32 Å². The third kappa shape index (κ3) is 4.14. The van der Waals surface area contributed by atoms with E-state index in [9.17, 15) is 13.7 Å². The highest BCUT2D eigenvalue weighted by Crippen LogP contribution is 2.25. The van der Waals surface area contributed by atoms with E-state index < -0.39 is 9.84 Å². The molecule has 1 N–H and O–H groups in total. The molecule has 3 aromatic rings. The van der Waals surface area contributed by atoms with Crippen molar-refractivity contribution in [3.63, 3.8) is 0 Å². The molecule has 0 unspecified atom stereocenters. The number of benzene rings is 2. The molecule has 3 rings (SSSR count). The van der Waals surface area contributed by atoms with Crippen LogP contribution in [0, 0.1) is 11.3 Å². The predicted molar refractivity (Wildman–Crippen MR) is 98.8 cm³/mol. The van der Waals surface area contributed by atoms with Crippen LogP contribution < -0.4 is 5.32 Å². The summed E-state index contributed by atoms with van der Waals surface area (Å²) in [6.45, 7) is 0.530. The Bertz CT molecular complexity index is 1050. The van der Waals surface area contributed by atoms with Gasteiger partial charge in [0, 0.05) is 24.4 Å². The van der Waals surface area contributed by atoms with E-state index in [0.29, 0.717) is 12.1 Å². The van der Waals surface area contributed by atoms with Gasteiger partial charge in [0.15, 0.2) is 9.84 Å². The van der Waals surface area contributed by atoms with E-state index in [1.807, 2.05) is 48.5 Å². The molecule has 0 aliphatic rings. The lowest BCUT2D eigenvalue weighted by Crippen LogP contribution is -2.04. The summed E-state index contributed by atoms with van der Waals surface area (Å²) < 4.78 is 22.7. The van der Waals surface area contributed by atoms with Gasteiger partial charge in [0.2, 0.25) is 0 Å². The molecule has 0 spiro atoms. The van der Waals surface area contributed by atoms with Gasteiger partial charge in [0.25, 0.3) is 0 Å². The van der Waals surface area contributed by atoms with Crippen LogP contribution in [-0.2, 0) is 22.1 Å². The first-order valence-electron chi connectivity index (χ1n) is 7.73. The first-order chi connectivity index (χ1) is 12.0. The molecular weight excluding hydrogens is 334 g/mol. The summed E-state index contributed by atoms with van der Waals surface area (Å²) in [5.74, 6) is 0.0360. The lowest BCUT2D eigenvalue weighted by Gasteiger charge is -2.11. The standard InChI is InChI=1S/C19H17N3O2S/c1-25(23,24)13-15-8-6-14(7-9-15)11-22-19-16(10-20)12-21-18-5-3-2-4-17(18)19/h2-9,12H,11,13H2,1H3,(H,21,22). The van der Waals surface area contributed by atoms with Crippen molar-refractivity contribution in [3.8, 4) is 6.07 Å². The summed E-state index contributed by atoms with van der Waals surface area (Å²) in [6, 6.07) is 17.2. The molecule has 1 heterocycles. The van der Waals surface area contributed by atoms with Crippen molar-refractivity contribution in [1.29, 1.82) is 5.26 Å². The number of hydrogen-bond acceptors (Lipinski definition) is 5. The van der Waals surface area contributed by atoms with E-state index in [0.717, 1.165) is 27.7 Å². The van der Waals surface area contributed by atoms with Gasteiger partial charge in [-0.2, -0.15) is 5.26 Å². The number of sulfone groups is 1. The topological polar surface area (TPSA) is 82.9 Å². The average molecular weight is 351 g/mol. The summed E-state index contributed by atoms with van der Waals surface area (Å²) in [6.07, 6.45) is 2.79. The SMILES string of the molecule is CS(=O)(=O)Cc1ccc(CNc2c(C#N)cnc3ccccc23)cc1. The van der Waals surface area contributed by atoms with Crippen LogP contribution in [0.15, 0.2) is 54.7 Å². The highest BCUT2D eigenvalue weighted by molar-refractivity contribution is 7.89. The second-order valence-corrected chi connectivity index (χ2v) is 8.06. The zero-order valence-corrected chi connectivity index (χ0v) is 14.5. The first-order valence-corrected chi connectivity index (χ1v) is 9.79. The molecule has 0 saturated carbocycles. The number of fused-ring (bicyclic) bond motifs is 1. The van der Waals surface area contributed by atoms with Gasteiger partial charge in [-0.25, -0.2) is 8.42 Å². The molecule has 5 nitrogen and oxygen atoms in total. The van der Waals surface area contributed by atoms with E-state index in [-0.39, 0.29) is 5.75 Å². The molecule has 25 heavy (non-hydrogen) atoms. The van der Waals surface area contributed by atoms with Gasteiger partial charge in [0.1, 0.15) is 6.07 Å². The largest absolute Gasteiger partial charge is 0.379 e. The smallest absolute Gasteiger partial charge is 0.151 e. The maximum Gasteiger partial charge on any atom is 0.151 e. The molecule has 0 atom stereocenters. The second kappa shape index (κ2) is 6.91. The highest BCUT2D eigenvalue weighted by Gasteiger charge is 2.09. The zero-order valence-electron chi connectivity index (χ0n) is 13.7. The minimum Gasteiger partial charge on any atom is -0.379 e. The minimum atomic E-state index is -3.04. The Morgan fingerprint density at radius 3 is 2.44 bits per heavy atom. The zero-order chi connectivity index (χ0) is 17.9. The minimum absolute atomic E-state index is 0.0360. The van der Waals surface area contributed by atoms with Crippen molar-refractivity contribution in [1.82, 2.24) is 4.98 Å². The number of nitriles is 1. The lowest BCUT2D eigenvalue weighted by molar-refractivity contribution is 0.601. The fourth-order valence-electron chi connectivity index (χ4n) is 2.66. The number of nitrogens with zero attached hydrogens (tertiary/aromatic N) is 2. The van der Waals surface area contributed by atoms with E-state index in [2.05, 4.69) is 16.4 Å². The molecule has 0 bridgehead atoms. The van der Waals surface area contributed by atoms with Crippen LogP contribution in [-0.4, -0.2) is 19.7 Å². The van der Waals surface area contributed by atoms with Gasteiger partial charge in [-0.05, 0) is 17.2 Å². The van der Waals surface area contributed by atoms with Crippen LogP contribution in [0.2, 0.25) is 0 Å². The summed E-state index contributed by atoms with van der Waals surface area (Å²) in [5, 5.41) is 13.5. The number of anilines is 1. The van der Waals surface area contributed by atoms with Crippen LogP contribution in [0.1, 0.15) is 16.7 Å². The summed E-state index contributed by atoms with van der Waals surface area (Å²) in [5.41, 5.74) is 3.84. The molecular formula is C19H17N3O2S. The predicted octanol–water partition coefficient (Wildman–Crippen LogP) is 3.26. The maximum atomic E-state index is 11.3. The van der Waals surface area contributed by atoms with Crippen molar-refractivity contribution in [2.75, 3.05) is 11.6 Å². The third-order valence-corrected chi connectivity index (χ3v) is 4.67. The average Bonchev–Trinajstić information content (AvgIpc) is 2.59. The molecule has 0 amide bonds. The Kier molecular flexibility index (Phi) is 4.68.